The van der Waals surface area contributed by atoms with Crippen LogP contribution in [0, 0.1) is 0 Å². The minimum Gasteiger partial charge on any atom is -0.504 e. The van der Waals surface area contributed by atoms with E-state index in [0.717, 1.165) is 16.1 Å². The van der Waals surface area contributed by atoms with E-state index in [2.05, 4.69) is 10.6 Å². The summed E-state index contributed by atoms with van der Waals surface area (Å²) in [5.41, 5.74) is 1.56. The van der Waals surface area contributed by atoms with E-state index in [4.69, 9.17) is 4.74 Å². The average molecular weight is 374 g/mol. The van der Waals surface area contributed by atoms with Crippen LogP contribution in [-0.4, -0.2) is 29.3 Å². The SMILES string of the molecule is COc1cc(CNC(=O)C(C)Sc2ccc(NC(C)=O)cc2)ccc1O. The van der Waals surface area contributed by atoms with Gasteiger partial charge in [-0.05, 0) is 48.9 Å². The van der Waals surface area contributed by atoms with Gasteiger partial charge in [0.1, 0.15) is 0 Å². The molecule has 2 aromatic carbocycles. The van der Waals surface area contributed by atoms with Gasteiger partial charge in [-0.2, -0.15) is 0 Å². The van der Waals surface area contributed by atoms with Gasteiger partial charge in [0.2, 0.25) is 11.8 Å². The molecule has 2 amide bonds. The van der Waals surface area contributed by atoms with Gasteiger partial charge >= 0.3 is 0 Å². The van der Waals surface area contributed by atoms with Crippen LogP contribution in [0.15, 0.2) is 47.4 Å². The molecule has 0 spiro atoms. The van der Waals surface area contributed by atoms with Crippen LogP contribution in [0.3, 0.4) is 0 Å². The summed E-state index contributed by atoms with van der Waals surface area (Å²) in [7, 11) is 1.48. The summed E-state index contributed by atoms with van der Waals surface area (Å²) in [6.45, 7) is 3.64. The standard InChI is InChI=1S/C19H22N2O4S/c1-12(26-16-7-5-15(6-8-16)21-13(2)22)19(24)20-11-14-4-9-17(23)18(10-14)25-3/h4-10,12,23H,11H2,1-3H3,(H,20,24)(H,21,22). The zero-order valence-corrected chi connectivity index (χ0v) is 15.7. The fraction of sp³-hybridized carbons (Fsp3) is 0.263. The zero-order valence-electron chi connectivity index (χ0n) is 14.9. The number of carbonyl (C=O) groups is 2. The predicted molar refractivity (Wildman–Crippen MR) is 103 cm³/mol. The lowest BCUT2D eigenvalue weighted by Crippen LogP contribution is -2.30. The molecule has 0 heterocycles. The first kappa shape index (κ1) is 19.7. The Kier molecular flexibility index (Phi) is 6.91. The van der Waals surface area contributed by atoms with Crippen LogP contribution in [0.2, 0.25) is 0 Å². The second kappa shape index (κ2) is 9.15. The Morgan fingerprint density at radius 3 is 2.50 bits per heavy atom. The van der Waals surface area contributed by atoms with Gasteiger partial charge in [0, 0.05) is 24.1 Å². The summed E-state index contributed by atoms with van der Waals surface area (Å²) in [5.74, 6) is 0.227. The van der Waals surface area contributed by atoms with Gasteiger partial charge in [-0.25, -0.2) is 0 Å². The molecule has 0 saturated carbocycles. The highest BCUT2D eigenvalue weighted by molar-refractivity contribution is 8.00. The molecule has 2 aromatic rings. The van der Waals surface area contributed by atoms with Crippen LogP contribution < -0.4 is 15.4 Å². The maximum atomic E-state index is 12.3. The highest BCUT2D eigenvalue weighted by Crippen LogP contribution is 2.27. The smallest absolute Gasteiger partial charge is 0.233 e. The minimum absolute atomic E-state index is 0.0641. The summed E-state index contributed by atoms with van der Waals surface area (Å²) in [5, 5.41) is 14.9. The highest BCUT2D eigenvalue weighted by atomic mass is 32.2. The molecule has 26 heavy (non-hydrogen) atoms. The molecule has 0 aliphatic rings. The van der Waals surface area contributed by atoms with Crippen molar-refractivity contribution in [3.05, 3.63) is 48.0 Å². The summed E-state index contributed by atoms with van der Waals surface area (Å²) >= 11 is 1.44. The molecule has 0 bridgehead atoms. The van der Waals surface area contributed by atoms with E-state index >= 15 is 0 Å². The molecule has 3 N–H and O–H groups in total. The van der Waals surface area contributed by atoms with Crippen molar-refractivity contribution in [3.63, 3.8) is 0 Å². The molecule has 0 radical (unpaired) electrons. The number of anilines is 1. The van der Waals surface area contributed by atoms with E-state index < -0.39 is 0 Å². The number of hydrogen-bond donors (Lipinski definition) is 3. The van der Waals surface area contributed by atoms with Gasteiger partial charge in [0.15, 0.2) is 11.5 Å². The van der Waals surface area contributed by atoms with Crippen molar-refractivity contribution < 1.29 is 19.4 Å². The highest BCUT2D eigenvalue weighted by Gasteiger charge is 2.14. The normalized spacial score (nSPS) is 11.5. The number of hydrogen-bond acceptors (Lipinski definition) is 5. The molecule has 138 valence electrons. The molecule has 1 unspecified atom stereocenters. The number of phenols is 1. The Balaban J connectivity index is 1.88. The summed E-state index contributed by atoms with van der Waals surface area (Å²) in [6.07, 6.45) is 0. The van der Waals surface area contributed by atoms with E-state index in [-0.39, 0.29) is 22.8 Å². The largest absolute Gasteiger partial charge is 0.504 e. The van der Waals surface area contributed by atoms with Crippen LogP contribution in [0.4, 0.5) is 5.69 Å². The molecular weight excluding hydrogens is 352 g/mol. The van der Waals surface area contributed by atoms with Crippen molar-refractivity contribution in [2.75, 3.05) is 12.4 Å². The van der Waals surface area contributed by atoms with Gasteiger partial charge < -0.3 is 20.5 Å². The lowest BCUT2D eigenvalue weighted by molar-refractivity contribution is -0.120. The lowest BCUT2D eigenvalue weighted by atomic mass is 10.2. The van der Waals surface area contributed by atoms with Crippen molar-refractivity contribution in [3.8, 4) is 11.5 Å². The molecule has 1 atom stereocenters. The van der Waals surface area contributed by atoms with Crippen molar-refractivity contribution in [2.45, 2.75) is 30.5 Å². The summed E-state index contributed by atoms with van der Waals surface area (Å²) < 4.78 is 5.06. The lowest BCUT2D eigenvalue weighted by Gasteiger charge is -2.13. The third-order valence-electron chi connectivity index (χ3n) is 3.57. The number of rotatable bonds is 7. The fourth-order valence-corrected chi connectivity index (χ4v) is 3.13. The number of phenolic OH excluding ortho intramolecular Hbond substituents is 1. The predicted octanol–water partition coefficient (Wildman–Crippen LogP) is 3.16. The van der Waals surface area contributed by atoms with Gasteiger partial charge in [0.05, 0.1) is 12.4 Å². The van der Waals surface area contributed by atoms with Crippen LogP contribution in [0.25, 0.3) is 0 Å². The van der Waals surface area contributed by atoms with Gasteiger partial charge in [-0.15, -0.1) is 11.8 Å². The summed E-state index contributed by atoms with van der Waals surface area (Å²) in [4.78, 5) is 24.2. The Bertz CT molecular complexity index is 778. The molecule has 0 saturated heterocycles. The number of methoxy groups -OCH3 is 1. The number of ether oxygens (including phenoxy) is 1. The number of amides is 2. The number of nitrogens with one attached hydrogen (secondary N) is 2. The third kappa shape index (κ3) is 5.70. The first-order valence-electron chi connectivity index (χ1n) is 8.07. The first-order chi connectivity index (χ1) is 12.4. The third-order valence-corrected chi connectivity index (χ3v) is 4.68. The average Bonchev–Trinajstić information content (AvgIpc) is 2.61. The topological polar surface area (TPSA) is 87.7 Å². The van der Waals surface area contributed by atoms with E-state index in [1.54, 1.807) is 24.3 Å². The van der Waals surface area contributed by atoms with Gasteiger partial charge in [0.25, 0.3) is 0 Å². The molecule has 2 rings (SSSR count). The van der Waals surface area contributed by atoms with Gasteiger partial charge in [-0.1, -0.05) is 6.07 Å². The molecule has 0 fully saturated rings. The number of aromatic hydroxyl groups is 1. The Labute approximate surface area is 156 Å². The van der Waals surface area contributed by atoms with Crippen LogP contribution in [0.5, 0.6) is 11.5 Å². The fourth-order valence-electron chi connectivity index (χ4n) is 2.24. The number of benzene rings is 2. The molecule has 0 aliphatic heterocycles. The maximum Gasteiger partial charge on any atom is 0.233 e. The van der Waals surface area contributed by atoms with Crippen LogP contribution in [0.1, 0.15) is 19.4 Å². The van der Waals surface area contributed by atoms with Crippen molar-refractivity contribution >= 4 is 29.3 Å². The van der Waals surface area contributed by atoms with Crippen molar-refractivity contribution in [1.82, 2.24) is 5.32 Å². The van der Waals surface area contributed by atoms with Crippen LogP contribution >= 0.6 is 11.8 Å². The Hall–Kier alpha value is -2.67. The zero-order chi connectivity index (χ0) is 19.1. The van der Waals surface area contributed by atoms with Crippen molar-refractivity contribution in [1.29, 1.82) is 0 Å². The van der Waals surface area contributed by atoms with E-state index in [1.807, 2.05) is 19.1 Å². The second-order valence-corrected chi connectivity index (χ2v) is 7.10. The summed E-state index contributed by atoms with van der Waals surface area (Å²) in [6, 6.07) is 12.3. The first-order valence-corrected chi connectivity index (χ1v) is 8.95. The molecule has 7 heteroatoms. The Morgan fingerprint density at radius 1 is 1.19 bits per heavy atom. The molecule has 0 aliphatic carbocycles. The van der Waals surface area contributed by atoms with Gasteiger partial charge in [-0.3, -0.25) is 9.59 Å². The van der Waals surface area contributed by atoms with Crippen LogP contribution in [-0.2, 0) is 16.1 Å². The number of carbonyl (C=O) groups excluding carboxylic acids is 2. The maximum absolute atomic E-state index is 12.3. The Morgan fingerprint density at radius 2 is 1.88 bits per heavy atom. The minimum atomic E-state index is -0.277. The monoisotopic (exact) mass is 374 g/mol. The molecule has 0 aromatic heterocycles. The second-order valence-electron chi connectivity index (χ2n) is 5.69. The quantitative estimate of drug-likeness (QED) is 0.648. The van der Waals surface area contributed by atoms with E-state index in [0.29, 0.717) is 12.3 Å². The number of thioether (sulfide) groups is 1. The van der Waals surface area contributed by atoms with E-state index in [1.165, 1.54) is 31.9 Å². The molecular formula is C19H22N2O4S. The molecule has 6 nitrogen and oxygen atoms in total. The van der Waals surface area contributed by atoms with Crippen molar-refractivity contribution in [2.24, 2.45) is 0 Å². The van der Waals surface area contributed by atoms with E-state index in [9.17, 15) is 14.7 Å².